The first-order valence-electron chi connectivity index (χ1n) is 6.18. The molecule has 1 aromatic heterocycles. The largest absolute Gasteiger partial charge is 0.467 e. The summed E-state index contributed by atoms with van der Waals surface area (Å²) in [5, 5.41) is 8.86. The predicted octanol–water partition coefficient (Wildman–Crippen LogP) is 0.859. The highest BCUT2D eigenvalue weighted by Gasteiger charge is 2.13. The molecule has 0 radical (unpaired) electrons. The predicted molar refractivity (Wildman–Crippen MR) is 74.8 cm³/mol. The van der Waals surface area contributed by atoms with Crippen LogP contribution in [0, 0.1) is 0 Å². The normalized spacial score (nSPS) is 12.1. The molecule has 0 aliphatic heterocycles. The highest BCUT2D eigenvalue weighted by atomic mass is 16.3. The molecule has 1 aromatic rings. The number of carbonyl (C=O) groups excluding carboxylic acids is 1. The fraction of sp³-hybridized carbons (Fsp3) is 0.538. The number of guanidine groups is 1. The van der Waals surface area contributed by atoms with Crippen molar-refractivity contribution >= 4 is 11.9 Å². The summed E-state index contributed by atoms with van der Waals surface area (Å²) >= 11 is 0. The van der Waals surface area contributed by atoms with Crippen LogP contribution in [0.1, 0.15) is 26.5 Å². The lowest BCUT2D eigenvalue weighted by molar-refractivity contribution is -0.121. The molecule has 0 saturated carbocycles. The minimum absolute atomic E-state index is 0.0755. The molecule has 0 bridgehead atoms. The average Bonchev–Trinajstić information content (AvgIpc) is 2.80. The summed E-state index contributed by atoms with van der Waals surface area (Å²) in [5.41, 5.74) is -0.232. The standard InChI is InChI=1S/C13H22N4O2/c1-13(2,3)17-11(18)9-16-12(14-4)15-8-10-6-5-7-19-10/h5-7H,8-9H2,1-4H3,(H,17,18)(H2,14,15,16). The van der Waals surface area contributed by atoms with E-state index in [4.69, 9.17) is 4.42 Å². The lowest BCUT2D eigenvalue weighted by Gasteiger charge is -2.21. The molecule has 19 heavy (non-hydrogen) atoms. The van der Waals surface area contributed by atoms with E-state index in [-0.39, 0.29) is 18.0 Å². The van der Waals surface area contributed by atoms with E-state index < -0.39 is 0 Å². The number of hydrogen-bond acceptors (Lipinski definition) is 3. The molecular weight excluding hydrogens is 244 g/mol. The number of furan rings is 1. The monoisotopic (exact) mass is 266 g/mol. The van der Waals surface area contributed by atoms with Gasteiger partial charge in [-0.1, -0.05) is 0 Å². The Bertz CT molecular complexity index is 418. The van der Waals surface area contributed by atoms with E-state index in [9.17, 15) is 4.79 Å². The smallest absolute Gasteiger partial charge is 0.239 e. The summed E-state index contributed by atoms with van der Waals surface area (Å²) < 4.78 is 5.20. The van der Waals surface area contributed by atoms with Crippen molar-refractivity contribution in [1.29, 1.82) is 0 Å². The van der Waals surface area contributed by atoms with Crippen molar-refractivity contribution in [3.8, 4) is 0 Å². The van der Waals surface area contributed by atoms with Gasteiger partial charge in [-0.2, -0.15) is 0 Å². The molecular formula is C13H22N4O2. The number of amides is 1. The van der Waals surface area contributed by atoms with E-state index in [1.807, 2.05) is 32.9 Å². The lowest BCUT2D eigenvalue weighted by atomic mass is 10.1. The van der Waals surface area contributed by atoms with E-state index in [1.54, 1.807) is 13.3 Å². The molecule has 1 amide bonds. The Morgan fingerprint density at radius 2 is 2.11 bits per heavy atom. The van der Waals surface area contributed by atoms with Gasteiger partial charge in [0.2, 0.25) is 5.91 Å². The lowest BCUT2D eigenvalue weighted by Crippen LogP contribution is -2.48. The third kappa shape index (κ3) is 6.49. The van der Waals surface area contributed by atoms with Crippen LogP contribution in [0.2, 0.25) is 0 Å². The summed E-state index contributed by atoms with van der Waals surface area (Å²) in [7, 11) is 1.65. The molecule has 1 heterocycles. The van der Waals surface area contributed by atoms with Crippen LogP contribution in [0.25, 0.3) is 0 Å². The molecule has 0 atom stereocenters. The van der Waals surface area contributed by atoms with Crippen LogP contribution in [0.4, 0.5) is 0 Å². The van der Waals surface area contributed by atoms with Gasteiger partial charge < -0.3 is 20.4 Å². The third-order valence-electron chi connectivity index (χ3n) is 2.16. The van der Waals surface area contributed by atoms with Gasteiger partial charge in [-0.15, -0.1) is 0 Å². The van der Waals surface area contributed by atoms with Crippen LogP contribution in [0.5, 0.6) is 0 Å². The fourth-order valence-electron chi connectivity index (χ4n) is 1.43. The zero-order chi connectivity index (χ0) is 14.3. The summed E-state index contributed by atoms with van der Waals surface area (Å²) in [6.45, 7) is 6.52. The van der Waals surface area contributed by atoms with Gasteiger partial charge in [0.15, 0.2) is 5.96 Å². The molecule has 0 unspecified atom stereocenters. The molecule has 0 aromatic carbocycles. The molecule has 0 aliphatic carbocycles. The topological polar surface area (TPSA) is 78.7 Å². The maximum atomic E-state index is 11.6. The molecule has 0 aliphatic rings. The summed E-state index contributed by atoms with van der Waals surface area (Å²) in [4.78, 5) is 15.7. The van der Waals surface area contributed by atoms with Crippen molar-refractivity contribution in [1.82, 2.24) is 16.0 Å². The van der Waals surface area contributed by atoms with E-state index in [2.05, 4.69) is 20.9 Å². The Labute approximate surface area is 113 Å². The van der Waals surface area contributed by atoms with E-state index in [0.29, 0.717) is 12.5 Å². The molecule has 6 nitrogen and oxygen atoms in total. The highest BCUT2D eigenvalue weighted by molar-refractivity contribution is 5.86. The molecule has 0 spiro atoms. The summed E-state index contributed by atoms with van der Waals surface area (Å²) in [6, 6.07) is 3.69. The number of nitrogens with zero attached hydrogens (tertiary/aromatic N) is 1. The molecule has 0 fully saturated rings. The quantitative estimate of drug-likeness (QED) is 0.558. The third-order valence-corrected chi connectivity index (χ3v) is 2.16. The Morgan fingerprint density at radius 1 is 1.37 bits per heavy atom. The molecule has 0 saturated heterocycles. The Morgan fingerprint density at radius 3 is 2.63 bits per heavy atom. The second-order valence-electron chi connectivity index (χ2n) is 5.16. The Hall–Kier alpha value is -1.98. The van der Waals surface area contributed by atoms with E-state index in [1.165, 1.54) is 0 Å². The van der Waals surface area contributed by atoms with Crippen LogP contribution in [-0.4, -0.2) is 31.0 Å². The zero-order valence-corrected chi connectivity index (χ0v) is 11.9. The number of hydrogen-bond donors (Lipinski definition) is 3. The van der Waals surface area contributed by atoms with Crippen LogP contribution in [0.15, 0.2) is 27.8 Å². The number of aliphatic imine (C=N–C) groups is 1. The summed E-state index contributed by atoms with van der Waals surface area (Å²) in [6.07, 6.45) is 1.62. The van der Waals surface area contributed by atoms with Crippen molar-refractivity contribution < 1.29 is 9.21 Å². The van der Waals surface area contributed by atoms with Gasteiger partial charge in [-0.25, -0.2) is 0 Å². The van der Waals surface area contributed by atoms with Crippen molar-refractivity contribution in [2.75, 3.05) is 13.6 Å². The van der Waals surface area contributed by atoms with Gasteiger partial charge in [-0.05, 0) is 32.9 Å². The second-order valence-corrected chi connectivity index (χ2v) is 5.16. The highest BCUT2D eigenvalue weighted by Crippen LogP contribution is 1.98. The minimum Gasteiger partial charge on any atom is -0.467 e. The first kappa shape index (κ1) is 15.1. The maximum Gasteiger partial charge on any atom is 0.239 e. The molecule has 3 N–H and O–H groups in total. The van der Waals surface area contributed by atoms with E-state index >= 15 is 0 Å². The van der Waals surface area contributed by atoms with Crippen molar-refractivity contribution in [3.05, 3.63) is 24.2 Å². The van der Waals surface area contributed by atoms with Gasteiger partial charge in [0, 0.05) is 12.6 Å². The van der Waals surface area contributed by atoms with Gasteiger partial charge in [0.25, 0.3) is 0 Å². The van der Waals surface area contributed by atoms with Gasteiger partial charge in [0.05, 0.1) is 19.4 Å². The molecule has 6 heteroatoms. The van der Waals surface area contributed by atoms with E-state index in [0.717, 1.165) is 5.76 Å². The maximum absolute atomic E-state index is 11.6. The van der Waals surface area contributed by atoms with Crippen molar-refractivity contribution in [2.45, 2.75) is 32.9 Å². The fourth-order valence-corrected chi connectivity index (χ4v) is 1.43. The first-order valence-corrected chi connectivity index (χ1v) is 6.18. The second kappa shape index (κ2) is 6.82. The average molecular weight is 266 g/mol. The number of nitrogens with one attached hydrogen (secondary N) is 3. The van der Waals surface area contributed by atoms with Crippen LogP contribution >= 0.6 is 0 Å². The van der Waals surface area contributed by atoms with Crippen molar-refractivity contribution in [2.24, 2.45) is 4.99 Å². The van der Waals surface area contributed by atoms with Crippen LogP contribution in [0.3, 0.4) is 0 Å². The van der Waals surface area contributed by atoms with Gasteiger partial charge >= 0.3 is 0 Å². The van der Waals surface area contributed by atoms with Crippen molar-refractivity contribution in [3.63, 3.8) is 0 Å². The molecule has 106 valence electrons. The minimum atomic E-state index is -0.232. The summed E-state index contributed by atoms with van der Waals surface area (Å²) in [5.74, 6) is 1.29. The Balaban J connectivity index is 2.31. The number of rotatable bonds is 4. The van der Waals surface area contributed by atoms with Crippen LogP contribution in [-0.2, 0) is 11.3 Å². The zero-order valence-electron chi connectivity index (χ0n) is 11.9. The van der Waals surface area contributed by atoms with Gasteiger partial charge in [-0.3, -0.25) is 9.79 Å². The Kier molecular flexibility index (Phi) is 5.41. The molecule has 1 rings (SSSR count). The first-order chi connectivity index (χ1) is 8.90. The van der Waals surface area contributed by atoms with Gasteiger partial charge in [0.1, 0.15) is 5.76 Å². The SMILES string of the molecule is CN=C(NCC(=O)NC(C)(C)C)NCc1ccco1. The number of carbonyl (C=O) groups is 1. The van der Waals surface area contributed by atoms with Crippen LogP contribution < -0.4 is 16.0 Å².